The number of nitrogens with zero attached hydrogens (tertiary/aromatic N) is 1. The van der Waals surface area contributed by atoms with E-state index in [9.17, 15) is 14.4 Å². The Morgan fingerprint density at radius 2 is 1.60 bits per heavy atom. The molecular weight excluding hydrogens is 400 g/mol. The molecular formula is C23H22N2O4S. The van der Waals surface area contributed by atoms with E-state index in [1.807, 2.05) is 24.3 Å². The number of thioether (sulfide) groups is 1. The first kappa shape index (κ1) is 20.2. The van der Waals surface area contributed by atoms with Crippen LogP contribution >= 0.6 is 11.8 Å². The third-order valence-electron chi connectivity index (χ3n) is 5.35. The standard InChI is InChI=1S/C23H22N2O4S/c1-29-17-10-6-15(7-11-17)24-21(26)14-30-18-12-8-16(9-13-18)25-22(27)19-4-2-3-5-20(19)23(25)28/h2-3,6-13,19-20H,4-5,14H2,1H3,(H,24,26)/t19-,20-/m0/s1. The van der Waals surface area contributed by atoms with Crippen molar-refractivity contribution >= 4 is 40.9 Å². The van der Waals surface area contributed by atoms with E-state index < -0.39 is 0 Å². The van der Waals surface area contributed by atoms with E-state index in [1.54, 1.807) is 43.5 Å². The van der Waals surface area contributed by atoms with Gasteiger partial charge in [-0.25, -0.2) is 0 Å². The van der Waals surface area contributed by atoms with Crippen molar-refractivity contribution in [2.45, 2.75) is 17.7 Å². The van der Waals surface area contributed by atoms with Gasteiger partial charge in [-0.1, -0.05) is 12.2 Å². The first-order valence-electron chi connectivity index (χ1n) is 9.76. The van der Waals surface area contributed by atoms with Crippen LogP contribution in [0.1, 0.15) is 12.8 Å². The highest BCUT2D eigenvalue weighted by molar-refractivity contribution is 8.00. The van der Waals surface area contributed by atoms with Crippen LogP contribution in [-0.4, -0.2) is 30.6 Å². The fourth-order valence-electron chi connectivity index (χ4n) is 3.77. The number of hydrogen-bond acceptors (Lipinski definition) is 5. The van der Waals surface area contributed by atoms with Crippen LogP contribution in [-0.2, 0) is 14.4 Å². The summed E-state index contributed by atoms with van der Waals surface area (Å²) >= 11 is 1.39. The number of hydrogen-bond donors (Lipinski definition) is 1. The quantitative estimate of drug-likeness (QED) is 0.434. The van der Waals surface area contributed by atoms with Gasteiger partial charge in [0.1, 0.15) is 5.75 Å². The van der Waals surface area contributed by atoms with Gasteiger partial charge in [-0.2, -0.15) is 0 Å². The Labute approximate surface area is 179 Å². The lowest BCUT2D eigenvalue weighted by molar-refractivity contribution is -0.122. The fourth-order valence-corrected chi connectivity index (χ4v) is 4.46. The highest BCUT2D eigenvalue weighted by Crippen LogP contribution is 2.38. The van der Waals surface area contributed by atoms with Crippen LogP contribution in [0.25, 0.3) is 0 Å². The van der Waals surface area contributed by atoms with Crippen LogP contribution in [0, 0.1) is 11.8 Å². The monoisotopic (exact) mass is 422 g/mol. The summed E-state index contributed by atoms with van der Waals surface area (Å²) in [5.41, 5.74) is 1.30. The van der Waals surface area contributed by atoms with E-state index in [0.29, 0.717) is 24.2 Å². The molecule has 2 aliphatic rings. The molecule has 0 spiro atoms. The fraction of sp³-hybridized carbons (Fsp3) is 0.261. The second-order valence-electron chi connectivity index (χ2n) is 7.23. The minimum Gasteiger partial charge on any atom is -0.497 e. The van der Waals surface area contributed by atoms with E-state index >= 15 is 0 Å². The molecule has 30 heavy (non-hydrogen) atoms. The lowest BCUT2D eigenvalue weighted by Gasteiger charge is -2.15. The van der Waals surface area contributed by atoms with Gasteiger partial charge >= 0.3 is 0 Å². The average Bonchev–Trinajstić information content (AvgIpc) is 3.04. The maximum absolute atomic E-state index is 12.7. The molecule has 1 aliphatic carbocycles. The number of methoxy groups -OCH3 is 1. The Bertz CT molecular complexity index is 959. The topological polar surface area (TPSA) is 75.7 Å². The van der Waals surface area contributed by atoms with Crippen LogP contribution < -0.4 is 15.0 Å². The van der Waals surface area contributed by atoms with Crippen molar-refractivity contribution in [1.82, 2.24) is 0 Å². The summed E-state index contributed by atoms with van der Waals surface area (Å²) in [5.74, 6) is 0.158. The Kier molecular flexibility index (Phi) is 5.90. The smallest absolute Gasteiger partial charge is 0.238 e. The van der Waals surface area contributed by atoms with Gasteiger partial charge < -0.3 is 10.1 Å². The lowest BCUT2D eigenvalue weighted by atomic mass is 9.85. The predicted octanol–water partition coefficient (Wildman–Crippen LogP) is 3.88. The molecule has 1 heterocycles. The van der Waals surface area contributed by atoms with E-state index in [0.717, 1.165) is 10.6 Å². The minimum atomic E-state index is -0.238. The largest absolute Gasteiger partial charge is 0.497 e. The van der Waals surface area contributed by atoms with Gasteiger partial charge in [0.2, 0.25) is 17.7 Å². The van der Waals surface area contributed by atoms with E-state index in [-0.39, 0.29) is 35.3 Å². The van der Waals surface area contributed by atoms with Crippen molar-refractivity contribution in [3.63, 3.8) is 0 Å². The maximum Gasteiger partial charge on any atom is 0.238 e. The zero-order valence-corrected chi connectivity index (χ0v) is 17.4. The van der Waals surface area contributed by atoms with Crippen LogP contribution in [0.2, 0.25) is 0 Å². The molecule has 1 fully saturated rings. The minimum absolute atomic E-state index is 0.115. The van der Waals surface area contributed by atoms with Gasteiger partial charge in [0.05, 0.1) is 30.4 Å². The molecule has 7 heteroatoms. The maximum atomic E-state index is 12.7. The Morgan fingerprint density at radius 1 is 1.00 bits per heavy atom. The summed E-state index contributed by atoms with van der Waals surface area (Å²) in [7, 11) is 1.59. The highest BCUT2D eigenvalue weighted by atomic mass is 32.2. The number of carbonyl (C=O) groups is 3. The number of amides is 3. The number of benzene rings is 2. The Hall–Kier alpha value is -3.06. The van der Waals surface area contributed by atoms with Crippen LogP contribution in [0.4, 0.5) is 11.4 Å². The Morgan fingerprint density at radius 3 is 2.17 bits per heavy atom. The summed E-state index contributed by atoms with van der Waals surface area (Å²) in [5, 5.41) is 2.84. The second-order valence-corrected chi connectivity index (χ2v) is 8.28. The summed E-state index contributed by atoms with van der Waals surface area (Å²) in [6.07, 6.45) is 5.21. The number of imide groups is 1. The molecule has 2 aromatic rings. The first-order chi connectivity index (χ1) is 14.6. The van der Waals surface area contributed by atoms with Crippen LogP contribution in [0.15, 0.2) is 65.6 Å². The number of carbonyl (C=O) groups excluding carboxylic acids is 3. The van der Waals surface area contributed by atoms with Gasteiger partial charge in [-0.05, 0) is 61.4 Å². The van der Waals surface area contributed by atoms with Crippen molar-refractivity contribution < 1.29 is 19.1 Å². The second kappa shape index (κ2) is 8.75. The molecule has 0 bridgehead atoms. The molecule has 6 nitrogen and oxygen atoms in total. The lowest BCUT2D eigenvalue weighted by Crippen LogP contribution is -2.30. The molecule has 1 aliphatic heterocycles. The molecule has 4 rings (SSSR count). The van der Waals surface area contributed by atoms with Gasteiger partial charge in [0.25, 0.3) is 0 Å². The third kappa shape index (κ3) is 4.11. The molecule has 1 N–H and O–H groups in total. The van der Waals surface area contributed by atoms with Crippen molar-refractivity contribution in [2.75, 3.05) is 23.1 Å². The normalized spacial score (nSPS) is 20.2. The third-order valence-corrected chi connectivity index (χ3v) is 6.36. The SMILES string of the molecule is COc1ccc(NC(=O)CSc2ccc(N3C(=O)[C@H]4CC=CC[C@@H]4C3=O)cc2)cc1. The zero-order valence-electron chi connectivity index (χ0n) is 16.5. The van der Waals surface area contributed by atoms with Gasteiger partial charge in [0.15, 0.2) is 0 Å². The number of rotatable bonds is 6. The molecule has 2 atom stereocenters. The number of fused-ring (bicyclic) bond motifs is 1. The van der Waals surface area contributed by atoms with Gasteiger partial charge in [-0.15, -0.1) is 11.8 Å². The molecule has 0 radical (unpaired) electrons. The molecule has 0 saturated carbocycles. The van der Waals surface area contributed by atoms with Crippen molar-refractivity contribution in [2.24, 2.45) is 11.8 Å². The van der Waals surface area contributed by atoms with E-state index in [4.69, 9.17) is 4.74 Å². The summed E-state index contributed by atoms with van der Waals surface area (Å²) in [6, 6.07) is 14.3. The molecule has 1 saturated heterocycles. The average molecular weight is 423 g/mol. The summed E-state index contributed by atoms with van der Waals surface area (Å²) < 4.78 is 5.10. The highest BCUT2D eigenvalue weighted by Gasteiger charge is 2.47. The number of allylic oxidation sites excluding steroid dienone is 2. The zero-order chi connectivity index (χ0) is 21.1. The van der Waals surface area contributed by atoms with E-state index in [1.165, 1.54) is 16.7 Å². The summed E-state index contributed by atoms with van der Waals surface area (Å²) in [4.78, 5) is 39.7. The summed E-state index contributed by atoms with van der Waals surface area (Å²) in [6.45, 7) is 0. The predicted molar refractivity (Wildman–Crippen MR) is 117 cm³/mol. The van der Waals surface area contributed by atoms with Crippen molar-refractivity contribution in [1.29, 1.82) is 0 Å². The molecule has 0 unspecified atom stereocenters. The number of ether oxygens (including phenoxy) is 1. The van der Waals surface area contributed by atoms with Gasteiger partial charge in [-0.3, -0.25) is 19.3 Å². The number of anilines is 2. The van der Waals surface area contributed by atoms with Crippen LogP contribution in [0.3, 0.4) is 0 Å². The van der Waals surface area contributed by atoms with Gasteiger partial charge in [0, 0.05) is 10.6 Å². The first-order valence-corrected chi connectivity index (χ1v) is 10.7. The molecule has 2 aromatic carbocycles. The van der Waals surface area contributed by atoms with Crippen molar-refractivity contribution in [3.05, 3.63) is 60.7 Å². The van der Waals surface area contributed by atoms with E-state index in [2.05, 4.69) is 5.32 Å². The Balaban J connectivity index is 1.34. The molecule has 0 aromatic heterocycles. The van der Waals surface area contributed by atoms with Crippen molar-refractivity contribution in [3.8, 4) is 5.75 Å². The number of nitrogens with one attached hydrogen (secondary N) is 1. The molecule has 154 valence electrons. The van der Waals surface area contributed by atoms with Crippen LogP contribution in [0.5, 0.6) is 5.75 Å². The molecule has 3 amide bonds.